The van der Waals surface area contributed by atoms with Gasteiger partial charge in [-0.1, -0.05) is 100 Å². The maximum atomic E-state index is 6.35. The number of pyridine rings is 1. The summed E-state index contributed by atoms with van der Waals surface area (Å²) >= 11 is 1.80. The summed E-state index contributed by atoms with van der Waals surface area (Å²) in [7, 11) is 0. The maximum absolute atomic E-state index is 6.35. The molecule has 3 heterocycles. The molecule has 0 fully saturated rings. The van der Waals surface area contributed by atoms with Gasteiger partial charge in [0.2, 0.25) is 5.88 Å². The van der Waals surface area contributed by atoms with Gasteiger partial charge in [0, 0.05) is 37.4 Å². The topological polar surface area (TPSA) is 52.8 Å². The highest BCUT2D eigenvalue weighted by molar-refractivity contribution is 7.26. The van der Waals surface area contributed by atoms with Crippen molar-refractivity contribution in [3.63, 3.8) is 0 Å². The van der Waals surface area contributed by atoms with E-state index in [9.17, 15) is 0 Å². The number of fused-ring (bicyclic) bond motifs is 3. The SMILES string of the molecule is CC(C)c1cccc(C(C)C)c1-n1ncnc1-c1cccc(Oc2cccc(-c3cccc4c3sc3ccccc34)n2)c1. The van der Waals surface area contributed by atoms with Crippen molar-refractivity contribution in [3.8, 4) is 40.0 Å². The number of benzene rings is 4. The molecular weight excluding hydrogens is 549 g/mol. The average Bonchev–Trinajstić information content (AvgIpc) is 3.66. The Kier molecular flexibility index (Phi) is 6.99. The summed E-state index contributed by atoms with van der Waals surface area (Å²) in [6.45, 7) is 8.87. The van der Waals surface area contributed by atoms with Crippen LogP contribution in [-0.4, -0.2) is 19.7 Å². The summed E-state index contributed by atoms with van der Waals surface area (Å²) in [5.74, 6) is 2.70. The second kappa shape index (κ2) is 11.1. The number of aromatic nitrogens is 4. The molecule has 0 radical (unpaired) electrons. The molecule has 0 saturated carbocycles. The molecular formula is C37H32N4OS. The van der Waals surface area contributed by atoms with Crippen LogP contribution in [0.15, 0.2) is 109 Å². The van der Waals surface area contributed by atoms with Gasteiger partial charge in [-0.15, -0.1) is 11.3 Å². The molecule has 0 atom stereocenters. The van der Waals surface area contributed by atoms with Crippen LogP contribution in [0.25, 0.3) is 48.5 Å². The minimum absolute atomic E-state index is 0.345. The molecule has 6 heteroatoms. The van der Waals surface area contributed by atoms with Gasteiger partial charge < -0.3 is 4.74 Å². The van der Waals surface area contributed by atoms with E-state index < -0.39 is 0 Å². The third-order valence-corrected chi connectivity index (χ3v) is 9.04. The summed E-state index contributed by atoms with van der Waals surface area (Å²) in [5.41, 5.74) is 6.53. The van der Waals surface area contributed by atoms with E-state index in [2.05, 4.69) is 88.4 Å². The predicted octanol–water partition coefficient (Wildman–Crippen LogP) is 10.4. The van der Waals surface area contributed by atoms with Crippen molar-refractivity contribution in [1.82, 2.24) is 19.7 Å². The van der Waals surface area contributed by atoms with Gasteiger partial charge in [0.1, 0.15) is 12.1 Å². The summed E-state index contributed by atoms with van der Waals surface area (Å²) < 4.78 is 10.8. The smallest absolute Gasteiger partial charge is 0.219 e. The van der Waals surface area contributed by atoms with Gasteiger partial charge in [-0.05, 0) is 47.2 Å². The second-order valence-corrected chi connectivity index (χ2v) is 12.4. The Labute approximate surface area is 255 Å². The fourth-order valence-electron chi connectivity index (χ4n) is 5.75. The van der Waals surface area contributed by atoms with Gasteiger partial charge in [0.25, 0.3) is 0 Å². The standard InChI is InChI=1S/C37H32N4OS/c1-23(2)27-14-8-15-28(24(3)4)35(27)41-37(38-22-39-41)25-11-7-12-26(21-25)42-34-20-10-18-32(40-34)31-17-9-16-30-29-13-5-6-19-33(29)43-36(30)31/h5-24H,1-4H3. The van der Waals surface area contributed by atoms with Crippen molar-refractivity contribution in [2.24, 2.45) is 0 Å². The van der Waals surface area contributed by atoms with Crippen LogP contribution in [0, 0.1) is 0 Å². The monoisotopic (exact) mass is 580 g/mol. The van der Waals surface area contributed by atoms with Crippen molar-refractivity contribution in [1.29, 1.82) is 0 Å². The summed E-state index contributed by atoms with van der Waals surface area (Å²) in [4.78, 5) is 9.62. The van der Waals surface area contributed by atoms with Crippen LogP contribution in [0.3, 0.4) is 0 Å². The van der Waals surface area contributed by atoms with Crippen LogP contribution in [0.1, 0.15) is 50.7 Å². The Morgan fingerprint density at radius 1 is 0.721 bits per heavy atom. The first-order valence-corrected chi connectivity index (χ1v) is 15.5. The molecule has 0 aliphatic carbocycles. The lowest BCUT2D eigenvalue weighted by atomic mass is 9.92. The van der Waals surface area contributed by atoms with E-state index in [0.29, 0.717) is 23.5 Å². The van der Waals surface area contributed by atoms with Crippen LogP contribution < -0.4 is 4.74 Å². The number of nitrogens with zero attached hydrogens (tertiary/aromatic N) is 4. The number of rotatable bonds is 7. The van der Waals surface area contributed by atoms with Crippen LogP contribution in [0.4, 0.5) is 0 Å². The van der Waals surface area contributed by atoms with Crippen molar-refractivity contribution in [3.05, 3.63) is 121 Å². The summed E-state index contributed by atoms with van der Waals surface area (Å²) in [5, 5.41) is 7.23. The molecule has 0 spiro atoms. The molecule has 0 aliphatic rings. The molecule has 0 bridgehead atoms. The Balaban J connectivity index is 1.24. The van der Waals surface area contributed by atoms with Crippen molar-refractivity contribution in [2.45, 2.75) is 39.5 Å². The normalized spacial score (nSPS) is 11.7. The minimum atomic E-state index is 0.345. The van der Waals surface area contributed by atoms with E-state index in [0.717, 1.165) is 28.3 Å². The Hall–Kier alpha value is -4.81. The van der Waals surface area contributed by atoms with Crippen molar-refractivity contribution >= 4 is 31.5 Å². The van der Waals surface area contributed by atoms with Gasteiger partial charge in [0.05, 0.1) is 11.4 Å². The summed E-state index contributed by atoms with van der Waals surface area (Å²) in [6.07, 6.45) is 1.63. The van der Waals surface area contributed by atoms with Gasteiger partial charge in [0.15, 0.2) is 5.82 Å². The van der Waals surface area contributed by atoms with E-state index >= 15 is 0 Å². The predicted molar refractivity (Wildman–Crippen MR) is 178 cm³/mol. The van der Waals surface area contributed by atoms with E-state index in [-0.39, 0.29) is 0 Å². The third kappa shape index (κ3) is 4.98. The number of hydrogen-bond donors (Lipinski definition) is 0. The summed E-state index contributed by atoms with van der Waals surface area (Å²) in [6, 6.07) is 35.4. The van der Waals surface area contributed by atoms with Crippen LogP contribution >= 0.6 is 11.3 Å². The van der Waals surface area contributed by atoms with Gasteiger partial charge in [-0.25, -0.2) is 14.6 Å². The molecule has 0 unspecified atom stereocenters. The Bertz CT molecular complexity index is 2060. The van der Waals surface area contributed by atoms with Crippen LogP contribution in [-0.2, 0) is 0 Å². The highest BCUT2D eigenvalue weighted by atomic mass is 32.1. The lowest BCUT2D eigenvalue weighted by molar-refractivity contribution is 0.464. The van der Waals surface area contributed by atoms with Gasteiger partial charge in [-0.2, -0.15) is 5.10 Å². The number of hydrogen-bond acceptors (Lipinski definition) is 5. The zero-order valence-electron chi connectivity index (χ0n) is 24.7. The maximum Gasteiger partial charge on any atom is 0.219 e. The molecule has 5 nitrogen and oxygen atoms in total. The number of ether oxygens (including phenoxy) is 1. The third-order valence-electron chi connectivity index (χ3n) is 7.82. The first-order valence-electron chi connectivity index (χ1n) is 14.7. The average molecular weight is 581 g/mol. The van der Waals surface area contributed by atoms with Crippen molar-refractivity contribution < 1.29 is 4.74 Å². The molecule has 3 aromatic heterocycles. The van der Waals surface area contributed by atoms with Gasteiger partial charge in [-0.3, -0.25) is 0 Å². The number of para-hydroxylation sites is 1. The molecule has 7 aromatic rings. The number of thiophene rings is 1. The zero-order valence-corrected chi connectivity index (χ0v) is 25.5. The van der Waals surface area contributed by atoms with Crippen molar-refractivity contribution in [2.75, 3.05) is 0 Å². The zero-order chi connectivity index (χ0) is 29.5. The lowest BCUT2D eigenvalue weighted by Crippen LogP contribution is -2.09. The molecule has 0 aliphatic heterocycles. The van der Waals surface area contributed by atoms with Crippen LogP contribution in [0.5, 0.6) is 11.6 Å². The first kappa shape index (κ1) is 27.0. The quantitative estimate of drug-likeness (QED) is 0.188. The molecule has 7 rings (SSSR count). The highest BCUT2D eigenvalue weighted by Crippen LogP contribution is 2.40. The Morgan fingerprint density at radius 2 is 1.44 bits per heavy atom. The first-order chi connectivity index (χ1) is 21.0. The van der Waals surface area contributed by atoms with Gasteiger partial charge >= 0.3 is 0 Å². The fraction of sp³-hybridized carbons (Fsp3) is 0.162. The minimum Gasteiger partial charge on any atom is -0.439 e. The lowest BCUT2D eigenvalue weighted by Gasteiger charge is -2.20. The molecule has 0 N–H and O–H groups in total. The molecule has 43 heavy (non-hydrogen) atoms. The molecule has 4 aromatic carbocycles. The van der Waals surface area contributed by atoms with E-state index in [1.54, 1.807) is 17.7 Å². The molecule has 0 saturated heterocycles. The van der Waals surface area contributed by atoms with Crippen LogP contribution in [0.2, 0.25) is 0 Å². The van der Waals surface area contributed by atoms with E-state index in [1.165, 1.54) is 31.3 Å². The van der Waals surface area contributed by atoms with E-state index in [4.69, 9.17) is 19.8 Å². The largest absolute Gasteiger partial charge is 0.439 e. The molecule has 212 valence electrons. The highest BCUT2D eigenvalue weighted by Gasteiger charge is 2.20. The molecule has 0 amide bonds. The fourth-order valence-corrected chi connectivity index (χ4v) is 6.97. The van der Waals surface area contributed by atoms with E-state index in [1.807, 2.05) is 47.1 Å². The second-order valence-electron chi connectivity index (χ2n) is 11.4. The Morgan fingerprint density at radius 3 is 2.26 bits per heavy atom.